The third-order valence-electron chi connectivity index (χ3n) is 3.10. The molecule has 0 atom stereocenters. The molecule has 1 aliphatic rings. The summed E-state index contributed by atoms with van der Waals surface area (Å²) in [5.74, 6) is 0.699. The van der Waals surface area contributed by atoms with Gasteiger partial charge in [0.05, 0.1) is 23.0 Å². The van der Waals surface area contributed by atoms with E-state index in [1.807, 2.05) is 18.2 Å². The van der Waals surface area contributed by atoms with Crippen molar-refractivity contribution in [3.8, 4) is 6.07 Å². The van der Waals surface area contributed by atoms with Gasteiger partial charge in [-0.2, -0.15) is 5.26 Å². The number of nitrogens with zero attached hydrogens (tertiary/aromatic N) is 1. The molecule has 2 aromatic rings. The van der Waals surface area contributed by atoms with E-state index < -0.39 is 0 Å². The van der Waals surface area contributed by atoms with Crippen molar-refractivity contribution in [2.24, 2.45) is 0 Å². The Morgan fingerprint density at radius 2 is 1.77 bits per heavy atom. The second-order valence-corrected chi connectivity index (χ2v) is 4.76. The summed E-state index contributed by atoms with van der Waals surface area (Å²) in [5.41, 5.74) is 3.47. The lowest BCUT2D eigenvalue weighted by molar-refractivity contribution is 0.262. The van der Waals surface area contributed by atoms with Crippen LogP contribution in [0.15, 0.2) is 54.9 Å². The van der Waals surface area contributed by atoms with E-state index >= 15 is 0 Å². The number of carbonyl (C=O) groups is 1. The maximum absolute atomic E-state index is 12.0. The molecule has 0 saturated heterocycles. The molecule has 0 unspecified atom stereocenters. The SMILES string of the molecule is C=C1Nc2ccc(NC(=O)Nc3cccc(C#N)c3)cc2N1. The Hall–Kier alpha value is -3.46. The third kappa shape index (κ3) is 2.83. The summed E-state index contributed by atoms with van der Waals surface area (Å²) in [6.07, 6.45) is 0. The van der Waals surface area contributed by atoms with Crippen LogP contribution in [0.2, 0.25) is 0 Å². The highest BCUT2D eigenvalue weighted by atomic mass is 16.2. The van der Waals surface area contributed by atoms with Gasteiger partial charge in [-0.3, -0.25) is 0 Å². The van der Waals surface area contributed by atoms with Gasteiger partial charge in [-0.25, -0.2) is 4.79 Å². The molecule has 22 heavy (non-hydrogen) atoms. The molecule has 0 fully saturated rings. The molecule has 6 heteroatoms. The monoisotopic (exact) mass is 291 g/mol. The van der Waals surface area contributed by atoms with Crippen LogP contribution in [-0.2, 0) is 0 Å². The number of hydrogen-bond acceptors (Lipinski definition) is 4. The van der Waals surface area contributed by atoms with Crippen LogP contribution in [0, 0.1) is 11.3 Å². The quantitative estimate of drug-likeness (QED) is 0.681. The van der Waals surface area contributed by atoms with Crippen LogP contribution >= 0.6 is 0 Å². The molecule has 0 aromatic heterocycles. The lowest BCUT2D eigenvalue weighted by atomic mass is 10.2. The maximum atomic E-state index is 12.0. The highest BCUT2D eigenvalue weighted by molar-refractivity contribution is 6.00. The van der Waals surface area contributed by atoms with Crippen LogP contribution in [0.5, 0.6) is 0 Å². The van der Waals surface area contributed by atoms with Gasteiger partial charge in [0, 0.05) is 11.4 Å². The van der Waals surface area contributed by atoms with E-state index in [2.05, 4.69) is 27.8 Å². The van der Waals surface area contributed by atoms with Gasteiger partial charge in [-0.1, -0.05) is 12.6 Å². The van der Waals surface area contributed by atoms with Crippen LogP contribution in [0.4, 0.5) is 27.5 Å². The summed E-state index contributed by atoms with van der Waals surface area (Å²) >= 11 is 0. The highest BCUT2D eigenvalue weighted by Crippen LogP contribution is 2.32. The number of fused-ring (bicyclic) bond motifs is 1. The first kappa shape index (κ1) is 13.5. The molecule has 0 radical (unpaired) electrons. The number of rotatable bonds is 2. The molecule has 0 aliphatic carbocycles. The highest BCUT2D eigenvalue weighted by Gasteiger charge is 2.13. The Bertz CT molecular complexity index is 806. The number of amides is 2. The molecule has 6 nitrogen and oxygen atoms in total. The van der Waals surface area contributed by atoms with Gasteiger partial charge in [0.25, 0.3) is 0 Å². The van der Waals surface area contributed by atoms with Gasteiger partial charge in [0.15, 0.2) is 0 Å². The van der Waals surface area contributed by atoms with E-state index in [0.29, 0.717) is 22.8 Å². The van der Waals surface area contributed by atoms with Crippen molar-refractivity contribution in [1.29, 1.82) is 5.26 Å². The second kappa shape index (κ2) is 5.50. The molecule has 4 N–H and O–H groups in total. The summed E-state index contributed by atoms with van der Waals surface area (Å²) in [7, 11) is 0. The average Bonchev–Trinajstić information content (AvgIpc) is 2.86. The summed E-state index contributed by atoms with van der Waals surface area (Å²) in [5, 5.41) is 20.4. The molecule has 2 amide bonds. The minimum absolute atomic E-state index is 0.375. The molecular formula is C16H13N5O. The summed E-state index contributed by atoms with van der Waals surface area (Å²) < 4.78 is 0. The van der Waals surface area contributed by atoms with Gasteiger partial charge >= 0.3 is 6.03 Å². The van der Waals surface area contributed by atoms with Crippen molar-refractivity contribution in [2.75, 3.05) is 21.3 Å². The van der Waals surface area contributed by atoms with E-state index in [1.165, 1.54) is 0 Å². The number of carbonyl (C=O) groups excluding carboxylic acids is 1. The topological polar surface area (TPSA) is 89.0 Å². The Morgan fingerprint density at radius 1 is 1.05 bits per heavy atom. The molecule has 0 bridgehead atoms. The van der Waals surface area contributed by atoms with Crippen LogP contribution < -0.4 is 21.3 Å². The minimum atomic E-state index is -0.375. The number of hydrogen-bond donors (Lipinski definition) is 4. The Balaban J connectivity index is 1.68. The largest absolute Gasteiger partial charge is 0.341 e. The fourth-order valence-electron chi connectivity index (χ4n) is 2.15. The smallest absolute Gasteiger partial charge is 0.323 e. The fourth-order valence-corrected chi connectivity index (χ4v) is 2.15. The minimum Gasteiger partial charge on any atom is -0.341 e. The van der Waals surface area contributed by atoms with Crippen molar-refractivity contribution in [3.63, 3.8) is 0 Å². The molecule has 0 spiro atoms. The molecule has 3 rings (SSSR count). The van der Waals surface area contributed by atoms with Crippen LogP contribution in [0.1, 0.15) is 5.56 Å². The van der Waals surface area contributed by atoms with E-state index in [0.717, 1.165) is 11.4 Å². The van der Waals surface area contributed by atoms with Crippen molar-refractivity contribution in [3.05, 3.63) is 60.4 Å². The van der Waals surface area contributed by atoms with Crippen LogP contribution in [0.25, 0.3) is 0 Å². The molecule has 1 heterocycles. The number of nitrogens with one attached hydrogen (secondary N) is 4. The van der Waals surface area contributed by atoms with Gasteiger partial charge < -0.3 is 21.3 Å². The lowest BCUT2D eigenvalue weighted by Crippen LogP contribution is -2.19. The molecule has 0 saturated carbocycles. The lowest BCUT2D eigenvalue weighted by Gasteiger charge is -2.09. The summed E-state index contributed by atoms with van der Waals surface area (Å²) in [4.78, 5) is 12.0. The van der Waals surface area contributed by atoms with E-state index in [9.17, 15) is 4.79 Å². The first-order valence-corrected chi connectivity index (χ1v) is 6.59. The number of benzene rings is 2. The number of urea groups is 1. The van der Waals surface area contributed by atoms with Crippen molar-refractivity contribution in [1.82, 2.24) is 0 Å². The Labute approximate surface area is 127 Å². The maximum Gasteiger partial charge on any atom is 0.323 e. The number of nitriles is 1. The normalized spacial score (nSPS) is 11.7. The standard InChI is InChI=1S/C16H13N5O/c1-10-18-14-6-5-13(8-15(14)19-10)21-16(22)20-12-4-2-3-11(7-12)9-17/h2-8,18-19H,1H2,(H2,20,21,22). The van der Waals surface area contributed by atoms with Crippen molar-refractivity contribution in [2.45, 2.75) is 0 Å². The zero-order chi connectivity index (χ0) is 15.5. The van der Waals surface area contributed by atoms with E-state index in [1.54, 1.807) is 30.3 Å². The molecule has 1 aliphatic heterocycles. The predicted molar refractivity (Wildman–Crippen MR) is 86.6 cm³/mol. The average molecular weight is 291 g/mol. The Morgan fingerprint density at radius 3 is 2.55 bits per heavy atom. The van der Waals surface area contributed by atoms with Gasteiger partial charge in [0.2, 0.25) is 0 Å². The number of anilines is 4. The Kier molecular flexibility index (Phi) is 3.38. The summed E-state index contributed by atoms with van der Waals surface area (Å²) in [6.45, 7) is 3.78. The zero-order valence-corrected chi connectivity index (χ0v) is 11.6. The third-order valence-corrected chi connectivity index (χ3v) is 3.10. The van der Waals surface area contributed by atoms with Crippen LogP contribution in [-0.4, -0.2) is 6.03 Å². The van der Waals surface area contributed by atoms with Gasteiger partial charge in [-0.05, 0) is 36.4 Å². The second-order valence-electron chi connectivity index (χ2n) is 4.76. The first-order valence-electron chi connectivity index (χ1n) is 6.59. The summed E-state index contributed by atoms with van der Waals surface area (Å²) in [6, 6.07) is 13.8. The molecule has 2 aromatic carbocycles. The molecule has 108 valence electrons. The van der Waals surface area contributed by atoms with Gasteiger partial charge in [0.1, 0.15) is 5.82 Å². The van der Waals surface area contributed by atoms with Crippen LogP contribution in [0.3, 0.4) is 0 Å². The molecular weight excluding hydrogens is 278 g/mol. The van der Waals surface area contributed by atoms with Crippen molar-refractivity contribution >= 4 is 28.8 Å². The predicted octanol–water partition coefficient (Wildman–Crippen LogP) is 3.51. The zero-order valence-electron chi connectivity index (χ0n) is 11.6. The first-order chi connectivity index (χ1) is 10.6. The van der Waals surface area contributed by atoms with E-state index in [-0.39, 0.29) is 6.03 Å². The fraction of sp³-hybridized carbons (Fsp3) is 0. The van der Waals surface area contributed by atoms with Crippen molar-refractivity contribution < 1.29 is 4.79 Å². The van der Waals surface area contributed by atoms with E-state index in [4.69, 9.17) is 5.26 Å². The van der Waals surface area contributed by atoms with Gasteiger partial charge in [-0.15, -0.1) is 0 Å².